The van der Waals surface area contributed by atoms with E-state index in [9.17, 15) is 9.59 Å². The van der Waals surface area contributed by atoms with Crippen molar-refractivity contribution in [2.45, 2.75) is 124 Å². The lowest BCUT2D eigenvalue weighted by molar-refractivity contribution is -0.119. The number of unbranched alkanes of at least 4 members (excludes halogenated alkanes) is 9. The van der Waals surface area contributed by atoms with Gasteiger partial charge in [0.1, 0.15) is 11.6 Å². The summed E-state index contributed by atoms with van der Waals surface area (Å²) >= 11 is 0. The van der Waals surface area contributed by atoms with Gasteiger partial charge in [-0.25, -0.2) is 0 Å². The minimum absolute atomic E-state index is 0.337. The molecular weight excluding hydrogens is 284 g/mol. The van der Waals surface area contributed by atoms with E-state index in [4.69, 9.17) is 0 Å². The second-order valence-corrected chi connectivity index (χ2v) is 6.67. The molecule has 0 aromatic rings. The van der Waals surface area contributed by atoms with Crippen LogP contribution in [-0.4, -0.2) is 11.6 Å². The predicted octanol–water partition coefficient (Wildman–Crippen LogP) is 7.04. The molecule has 0 aliphatic rings. The Labute approximate surface area is 145 Å². The molecule has 2 nitrogen and oxygen atoms in total. The highest BCUT2D eigenvalue weighted by atomic mass is 16.1. The minimum Gasteiger partial charge on any atom is -0.300 e. The van der Waals surface area contributed by atoms with Gasteiger partial charge in [-0.15, -0.1) is 0 Å². The molecule has 0 aliphatic heterocycles. The molecule has 0 unspecified atom stereocenters. The second-order valence-electron chi connectivity index (χ2n) is 6.67. The highest BCUT2D eigenvalue weighted by molar-refractivity contribution is 5.78. The largest absolute Gasteiger partial charge is 0.300 e. The van der Waals surface area contributed by atoms with E-state index in [0.29, 0.717) is 11.6 Å². The van der Waals surface area contributed by atoms with Crippen LogP contribution in [0.15, 0.2) is 0 Å². The topological polar surface area (TPSA) is 34.1 Å². The van der Waals surface area contributed by atoms with Crippen LogP contribution in [0.4, 0.5) is 0 Å². The quantitative estimate of drug-likeness (QED) is 0.302. The monoisotopic (exact) mass is 326 g/mol. The normalized spacial score (nSPS) is 10.1. The number of ketones is 2. The molecule has 138 valence electrons. The first-order chi connectivity index (χ1) is 11.1. The molecule has 0 aliphatic carbocycles. The molecule has 0 rings (SSSR count). The van der Waals surface area contributed by atoms with Crippen molar-refractivity contribution in [3.05, 3.63) is 0 Å². The Bertz CT molecular complexity index is 259. The molecule has 0 radical (unpaired) electrons. The second kappa shape index (κ2) is 21.3. The molecule has 0 saturated heterocycles. The van der Waals surface area contributed by atoms with Gasteiger partial charge in [0.25, 0.3) is 0 Å². The van der Waals surface area contributed by atoms with E-state index in [2.05, 4.69) is 20.8 Å². The van der Waals surface area contributed by atoms with Crippen LogP contribution < -0.4 is 0 Å². The van der Waals surface area contributed by atoms with Gasteiger partial charge in [0, 0.05) is 19.3 Å². The number of hydrogen-bond acceptors (Lipinski definition) is 2. The summed E-state index contributed by atoms with van der Waals surface area (Å²) in [5.74, 6) is 0.784. The lowest BCUT2D eigenvalue weighted by Crippen LogP contribution is -1.95. The summed E-state index contributed by atoms with van der Waals surface area (Å²) < 4.78 is 0. The number of Topliss-reactive ketones (excluding diaryl/α,β-unsaturated/α-hetero) is 2. The standard InChI is InChI=1S/C11H22O.C10H20O/c1-3-4-5-6-7-8-9-10-11(2)12;1-3-5-6-7-9-10(11)8-4-2/h3-10H2,1-2H3;3-9H2,1-2H3. The smallest absolute Gasteiger partial charge is 0.132 e. The van der Waals surface area contributed by atoms with Crippen LogP contribution in [0.3, 0.4) is 0 Å². The number of hydrogen-bond donors (Lipinski definition) is 0. The lowest BCUT2D eigenvalue weighted by atomic mass is 10.1. The van der Waals surface area contributed by atoms with E-state index in [-0.39, 0.29) is 0 Å². The van der Waals surface area contributed by atoms with Crippen LogP contribution in [-0.2, 0) is 9.59 Å². The van der Waals surface area contributed by atoms with E-state index in [1.54, 1.807) is 6.92 Å². The van der Waals surface area contributed by atoms with Gasteiger partial charge in [0.15, 0.2) is 0 Å². The zero-order valence-corrected chi connectivity index (χ0v) is 16.4. The average molecular weight is 327 g/mol. The third-order valence-electron chi connectivity index (χ3n) is 3.97. The van der Waals surface area contributed by atoms with Gasteiger partial charge in [-0.2, -0.15) is 0 Å². The molecule has 2 heteroatoms. The van der Waals surface area contributed by atoms with Gasteiger partial charge in [-0.1, -0.05) is 78.6 Å². The molecule has 0 amide bonds. The molecule has 0 atom stereocenters. The van der Waals surface area contributed by atoms with E-state index in [1.807, 2.05) is 0 Å². The Hall–Kier alpha value is -0.660. The third-order valence-corrected chi connectivity index (χ3v) is 3.97. The zero-order chi connectivity index (χ0) is 17.8. The number of carbonyl (C=O) groups is 2. The fourth-order valence-electron chi connectivity index (χ4n) is 2.48. The lowest BCUT2D eigenvalue weighted by Gasteiger charge is -1.98. The van der Waals surface area contributed by atoms with Crippen LogP contribution in [0, 0.1) is 0 Å². The van der Waals surface area contributed by atoms with Gasteiger partial charge >= 0.3 is 0 Å². The molecule has 0 aromatic carbocycles. The van der Waals surface area contributed by atoms with Crippen molar-refractivity contribution in [2.24, 2.45) is 0 Å². The molecule has 0 spiro atoms. The van der Waals surface area contributed by atoms with Crippen molar-refractivity contribution in [3.8, 4) is 0 Å². The summed E-state index contributed by atoms with van der Waals surface area (Å²) in [6.07, 6.45) is 17.3. The molecule has 0 fully saturated rings. The van der Waals surface area contributed by atoms with Crippen molar-refractivity contribution in [1.82, 2.24) is 0 Å². The SMILES string of the molecule is CCCCCCC(=O)CCC.CCCCCCCCCC(C)=O. The maximum atomic E-state index is 11.0. The van der Waals surface area contributed by atoms with Crippen LogP contribution >= 0.6 is 0 Å². The van der Waals surface area contributed by atoms with Crippen molar-refractivity contribution >= 4 is 11.6 Å². The maximum Gasteiger partial charge on any atom is 0.132 e. The summed E-state index contributed by atoms with van der Waals surface area (Å²) in [7, 11) is 0. The van der Waals surface area contributed by atoms with Gasteiger partial charge in [0.05, 0.1) is 0 Å². The van der Waals surface area contributed by atoms with Gasteiger partial charge in [0.2, 0.25) is 0 Å². The Balaban J connectivity index is 0. The maximum absolute atomic E-state index is 11.0. The minimum atomic E-state index is 0.337. The molecule has 23 heavy (non-hydrogen) atoms. The van der Waals surface area contributed by atoms with Crippen molar-refractivity contribution < 1.29 is 9.59 Å². The van der Waals surface area contributed by atoms with Crippen LogP contribution in [0.25, 0.3) is 0 Å². The zero-order valence-electron chi connectivity index (χ0n) is 16.4. The highest BCUT2D eigenvalue weighted by Crippen LogP contribution is 2.08. The molecule has 0 bridgehead atoms. The average Bonchev–Trinajstić information content (AvgIpc) is 2.51. The van der Waals surface area contributed by atoms with Gasteiger partial charge < -0.3 is 4.79 Å². The third kappa shape index (κ3) is 26.5. The Morgan fingerprint density at radius 3 is 1.43 bits per heavy atom. The Morgan fingerprint density at radius 1 is 0.522 bits per heavy atom. The summed E-state index contributed by atoms with van der Waals surface area (Å²) in [6.45, 7) is 8.16. The van der Waals surface area contributed by atoms with Crippen molar-refractivity contribution in [3.63, 3.8) is 0 Å². The van der Waals surface area contributed by atoms with Crippen LogP contribution in [0.5, 0.6) is 0 Å². The first kappa shape index (κ1) is 24.6. The summed E-state index contributed by atoms with van der Waals surface area (Å²) in [4.78, 5) is 21.6. The van der Waals surface area contributed by atoms with Crippen molar-refractivity contribution in [1.29, 1.82) is 0 Å². The molecular formula is C21H42O2. The summed E-state index contributed by atoms with van der Waals surface area (Å²) in [6, 6.07) is 0. The van der Waals surface area contributed by atoms with Gasteiger partial charge in [-0.05, 0) is 26.2 Å². The highest BCUT2D eigenvalue weighted by Gasteiger charge is 1.98. The predicted molar refractivity (Wildman–Crippen MR) is 102 cm³/mol. The first-order valence-corrected chi connectivity index (χ1v) is 10.1. The molecule has 0 heterocycles. The summed E-state index contributed by atoms with van der Waals surface area (Å²) in [5, 5.41) is 0. The van der Waals surface area contributed by atoms with Crippen LogP contribution in [0.2, 0.25) is 0 Å². The number of carbonyl (C=O) groups excluding carboxylic acids is 2. The summed E-state index contributed by atoms with van der Waals surface area (Å²) in [5.41, 5.74) is 0. The first-order valence-electron chi connectivity index (χ1n) is 10.1. The fourth-order valence-corrected chi connectivity index (χ4v) is 2.48. The van der Waals surface area contributed by atoms with E-state index >= 15 is 0 Å². The molecule has 0 saturated carbocycles. The Kier molecular flexibility index (Phi) is 22.8. The molecule has 0 aromatic heterocycles. The van der Waals surface area contributed by atoms with E-state index < -0.39 is 0 Å². The molecule has 0 N–H and O–H groups in total. The van der Waals surface area contributed by atoms with E-state index in [1.165, 1.54) is 57.8 Å². The fraction of sp³-hybridized carbons (Fsp3) is 0.905. The van der Waals surface area contributed by atoms with Gasteiger partial charge in [-0.3, -0.25) is 4.79 Å². The Morgan fingerprint density at radius 2 is 0.957 bits per heavy atom. The van der Waals surface area contributed by atoms with E-state index in [0.717, 1.165) is 38.5 Å². The number of rotatable bonds is 15. The van der Waals surface area contributed by atoms with Crippen molar-refractivity contribution in [2.75, 3.05) is 0 Å². The van der Waals surface area contributed by atoms with Crippen LogP contribution in [0.1, 0.15) is 124 Å².